The molecule has 21 heavy (non-hydrogen) atoms. The third-order valence-corrected chi connectivity index (χ3v) is 7.17. The van der Waals surface area contributed by atoms with E-state index in [0.29, 0.717) is 16.2 Å². The van der Waals surface area contributed by atoms with Gasteiger partial charge in [-0.1, -0.05) is 26.7 Å². The lowest BCUT2D eigenvalue weighted by Gasteiger charge is -2.19. The molecule has 6 heteroatoms. The van der Waals surface area contributed by atoms with Crippen molar-refractivity contribution in [1.29, 1.82) is 0 Å². The summed E-state index contributed by atoms with van der Waals surface area (Å²) in [5.74, 6) is 0.488. The molecular formula is C15H26N2O2S2. The van der Waals surface area contributed by atoms with Gasteiger partial charge in [0.2, 0.25) is 10.0 Å². The molecule has 0 bridgehead atoms. The van der Waals surface area contributed by atoms with Crippen molar-refractivity contribution in [2.24, 2.45) is 5.92 Å². The van der Waals surface area contributed by atoms with E-state index in [-0.39, 0.29) is 6.04 Å². The molecule has 0 aromatic carbocycles. The van der Waals surface area contributed by atoms with E-state index in [1.54, 1.807) is 6.07 Å². The second kappa shape index (κ2) is 7.22. The minimum absolute atomic E-state index is 0.0249. The smallest absolute Gasteiger partial charge is 0.250 e. The predicted molar refractivity (Wildman–Crippen MR) is 88.0 cm³/mol. The van der Waals surface area contributed by atoms with Crippen LogP contribution in [0.5, 0.6) is 0 Å². The molecular weight excluding hydrogens is 304 g/mol. The number of nitrogens with one attached hydrogen (secondary N) is 2. The van der Waals surface area contributed by atoms with Crippen molar-refractivity contribution in [2.75, 3.05) is 0 Å². The summed E-state index contributed by atoms with van der Waals surface area (Å²) in [4.78, 5) is 1.05. The average molecular weight is 331 g/mol. The van der Waals surface area contributed by atoms with Crippen LogP contribution in [0.25, 0.3) is 0 Å². The normalized spacial score (nSPS) is 18.5. The maximum Gasteiger partial charge on any atom is 0.250 e. The highest BCUT2D eigenvalue weighted by atomic mass is 32.2. The highest BCUT2D eigenvalue weighted by Crippen LogP contribution is 2.29. The van der Waals surface area contributed by atoms with E-state index < -0.39 is 10.0 Å². The van der Waals surface area contributed by atoms with E-state index >= 15 is 0 Å². The van der Waals surface area contributed by atoms with E-state index in [1.807, 2.05) is 13.0 Å². The van der Waals surface area contributed by atoms with Gasteiger partial charge in [-0.05, 0) is 37.8 Å². The number of rotatable bonds is 7. The van der Waals surface area contributed by atoms with Gasteiger partial charge in [-0.2, -0.15) is 0 Å². The number of sulfonamides is 1. The molecule has 1 saturated carbocycles. The summed E-state index contributed by atoms with van der Waals surface area (Å²) in [5, 5.41) is 3.31. The molecule has 1 aromatic heterocycles. The Balaban J connectivity index is 1.98. The summed E-state index contributed by atoms with van der Waals surface area (Å²) in [6.45, 7) is 6.87. The highest BCUT2D eigenvalue weighted by molar-refractivity contribution is 7.91. The van der Waals surface area contributed by atoms with Crippen molar-refractivity contribution < 1.29 is 8.42 Å². The fourth-order valence-corrected chi connectivity index (χ4v) is 5.39. The van der Waals surface area contributed by atoms with Crippen LogP contribution in [0.15, 0.2) is 16.3 Å². The van der Waals surface area contributed by atoms with E-state index in [9.17, 15) is 8.42 Å². The molecule has 120 valence electrons. The van der Waals surface area contributed by atoms with Crippen molar-refractivity contribution in [1.82, 2.24) is 10.0 Å². The Hall–Kier alpha value is -0.430. The lowest BCUT2D eigenvalue weighted by Crippen LogP contribution is -2.36. The van der Waals surface area contributed by atoms with Crippen LogP contribution in [0.3, 0.4) is 0 Å². The molecule has 2 N–H and O–H groups in total. The SMILES string of the molecule is CC(C)NCc1ccc(S(=O)(=O)NC(C)C2CCCC2)s1. The first-order valence-electron chi connectivity index (χ1n) is 7.73. The van der Waals surface area contributed by atoms with Crippen LogP contribution in [-0.2, 0) is 16.6 Å². The second-order valence-corrected chi connectivity index (χ2v) is 9.32. The third-order valence-electron chi connectivity index (χ3n) is 4.03. The Kier molecular flexibility index (Phi) is 5.82. The third kappa shape index (κ3) is 4.77. The monoisotopic (exact) mass is 330 g/mol. The number of hydrogen-bond donors (Lipinski definition) is 2. The highest BCUT2D eigenvalue weighted by Gasteiger charge is 2.26. The fraction of sp³-hybridized carbons (Fsp3) is 0.733. The molecule has 1 aliphatic carbocycles. The number of thiophene rings is 1. The zero-order valence-electron chi connectivity index (χ0n) is 13.1. The van der Waals surface area contributed by atoms with Gasteiger partial charge in [0.05, 0.1) is 0 Å². The molecule has 1 aliphatic rings. The topological polar surface area (TPSA) is 58.2 Å². The van der Waals surface area contributed by atoms with Gasteiger partial charge >= 0.3 is 0 Å². The molecule has 0 spiro atoms. The molecule has 0 amide bonds. The van der Waals surface area contributed by atoms with Crippen molar-refractivity contribution >= 4 is 21.4 Å². The van der Waals surface area contributed by atoms with Gasteiger partial charge in [0.15, 0.2) is 0 Å². The van der Waals surface area contributed by atoms with E-state index in [4.69, 9.17) is 0 Å². The quantitative estimate of drug-likeness (QED) is 0.807. The van der Waals surface area contributed by atoms with Gasteiger partial charge in [-0.15, -0.1) is 11.3 Å². The van der Waals surface area contributed by atoms with E-state index in [0.717, 1.165) is 24.3 Å². The lowest BCUT2D eigenvalue weighted by molar-refractivity contribution is 0.424. The zero-order valence-corrected chi connectivity index (χ0v) is 14.7. The summed E-state index contributed by atoms with van der Waals surface area (Å²) in [7, 11) is -3.37. The average Bonchev–Trinajstić information content (AvgIpc) is 3.07. The Morgan fingerprint density at radius 1 is 1.24 bits per heavy atom. The fourth-order valence-electron chi connectivity index (χ4n) is 2.76. The lowest BCUT2D eigenvalue weighted by atomic mass is 10.0. The largest absolute Gasteiger partial charge is 0.310 e. The summed E-state index contributed by atoms with van der Waals surface area (Å²) in [6.07, 6.45) is 4.72. The standard InChI is InChI=1S/C15H26N2O2S2/c1-11(2)16-10-14-8-9-15(20-14)21(18,19)17-12(3)13-6-4-5-7-13/h8-9,11-13,16-17H,4-7,10H2,1-3H3. The van der Waals surface area contributed by atoms with Gasteiger partial charge in [0.1, 0.15) is 4.21 Å². The summed E-state index contributed by atoms with van der Waals surface area (Å²) < 4.78 is 28.1. The molecule has 1 fully saturated rings. The van der Waals surface area contributed by atoms with Crippen LogP contribution in [0, 0.1) is 5.92 Å². The maximum atomic E-state index is 12.4. The van der Waals surface area contributed by atoms with Crippen LogP contribution in [0.2, 0.25) is 0 Å². The van der Waals surface area contributed by atoms with E-state index in [1.165, 1.54) is 24.2 Å². The van der Waals surface area contributed by atoms with Crippen LogP contribution >= 0.6 is 11.3 Å². The van der Waals surface area contributed by atoms with Gasteiger partial charge in [-0.25, -0.2) is 13.1 Å². The summed E-state index contributed by atoms with van der Waals surface area (Å²) >= 11 is 1.35. The van der Waals surface area contributed by atoms with Gasteiger partial charge in [-0.3, -0.25) is 0 Å². The molecule has 1 aromatic rings. The van der Waals surface area contributed by atoms with E-state index in [2.05, 4.69) is 23.9 Å². The molecule has 2 rings (SSSR count). The Morgan fingerprint density at radius 3 is 2.52 bits per heavy atom. The molecule has 0 saturated heterocycles. The second-order valence-electron chi connectivity index (χ2n) is 6.21. The zero-order chi connectivity index (χ0) is 15.5. The van der Waals surface area contributed by atoms with Crippen LogP contribution in [0.4, 0.5) is 0 Å². The molecule has 4 nitrogen and oxygen atoms in total. The van der Waals surface area contributed by atoms with Crippen molar-refractivity contribution in [3.05, 3.63) is 17.0 Å². The minimum Gasteiger partial charge on any atom is -0.310 e. The van der Waals surface area contributed by atoms with Gasteiger partial charge in [0.25, 0.3) is 0 Å². The Bertz CT molecular complexity index is 546. The summed E-state index contributed by atoms with van der Waals surface area (Å²) in [6, 6.07) is 4.03. The first kappa shape index (κ1) is 16.9. The summed E-state index contributed by atoms with van der Waals surface area (Å²) in [5.41, 5.74) is 0. The first-order chi connectivity index (χ1) is 9.88. The molecule has 0 aliphatic heterocycles. The molecule has 1 heterocycles. The van der Waals surface area contributed by atoms with Crippen molar-refractivity contribution in [3.63, 3.8) is 0 Å². The van der Waals surface area contributed by atoms with Crippen LogP contribution in [0.1, 0.15) is 51.3 Å². The van der Waals surface area contributed by atoms with Crippen molar-refractivity contribution in [3.8, 4) is 0 Å². The molecule has 1 unspecified atom stereocenters. The number of hydrogen-bond acceptors (Lipinski definition) is 4. The predicted octanol–water partition coefficient (Wildman–Crippen LogP) is 3.10. The van der Waals surface area contributed by atoms with Gasteiger partial charge < -0.3 is 5.32 Å². The Morgan fingerprint density at radius 2 is 1.90 bits per heavy atom. The maximum absolute atomic E-state index is 12.4. The molecule has 1 atom stereocenters. The van der Waals surface area contributed by atoms with Crippen molar-refractivity contribution in [2.45, 2.75) is 69.3 Å². The van der Waals surface area contributed by atoms with Crippen LogP contribution < -0.4 is 10.0 Å². The van der Waals surface area contributed by atoms with Gasteiger partial charge in [0, 0.05) is 23.5 Å². The minimum atomic E-state index is -3.37. The molecule has 0 radical (unpaired) electrons. The first-order valence-corrected chi connectivity index (χ1v) is 10.0. The Labute approximate surface area is 132 Å². The van der Waals surface area contributed by atoms with Crippen LogP contribution in [-0.4, -0.2) is 20.5 Å².